The maximum absolute atomic E-state index is 4.26. The first-order valence-corrected chi connectivity index (χ1v) is 7.11. The van der Waals surface area contributed by atoms with E-state index in [1.807, 2.05) is 23.3 Å². The number of aromatic nitrogens is 1. The predicted octanol–water partition coefficient (Wildman–Crippen LogP) is 3.02. The minimum absolute atomic E-state index is 0.418. The van der Waals surface area contributed by atoms with E-state index in [1.54, 1.807) is 11.3 Å². The largest absolute Gasteiger partial charge is 0.309 e. The van der Waals surface area contributed by atoms with Gasteiger partial charge in [-0.1, -0.05) is 6.08 Å². The number of thioether (sulfide) groups is 1. The van der Waals surface area contributed by atoms with Crippen LogP contribution >= 0.6 is 23.1 Å². The summed E-state index contributed by atoms with van der Waals surface area (Å²) in [5.74, 6) is 2.17. The average Bonchev–Trinajstić information content (AvgIpc) is 2.64. The van der Waals surface area contributed by atoms with Crippen LogP contribution in [0.25, 0.3) is 0 Å². The monoisotopic (exact) mass is 242 g/mol. The van der Waals surface area contributed by atoms with E-state index >= 15 is 0 Å². The number of hydrogen-bond donors (Lipinski definition) is 1. The van der Waals surface area contributed by atoms with Gasteiger partial charge in [0.2, 0.25) is 0 Å². The van der Waals surface area contributed by atoms with Crippen molar-refractivity contribution < 1.29 is 0 Å². The summed E-state index contributed by atoms with van der Waals surface area (Å²) < 4.78 is 0. The first kappa shape index (κ1) is 12.7. The van der Waals surface area contributed by atoms with E-state index in [0.717, 1.165) is 23.7 Å². The zero-order valence-corrected chi connectivity index (χ0v) is 11.0. The summed E-state index contributed by atoms with van der Waals surface area (Å²) in [5.41, 5.74) is 3.06. The number of aryl methyl sites for hydroxylation is 1. The Bertz CT molecular complexity index is 297. The molecule has 0 amide bonds. The molecular formula is C11H18N2S2. The fourth-order valence-corrected chi connectivity index (χ4v) is 2.76. The second-order valence-corrected chi connectivity index (χ2v) is 5.38. The molecule has 0 saturated heterocycles. The minimum atomic E-state index is 0.418. The van der Waals surface area contributed by atoms with Crippen molar-refractivity contribution in [3.8, 4) is 0 Å². The van der Waals surface area contributed by atoms with Crippen molar-refractivity contribution in [1.82, 2.24) is 10.3 Å². The van der Waals surface area contributed by atoms with Gasteiger partial charge in [-0.15, -0.1) is 17.9 Å². The molecule has 1 unspecified atom stereocenters. The second-order valence-electron chi connectivity index (χ2n) is 3.34. The van der Waals surface area contributed by atoms with Gasteiger partial charge in [-0.2, -0.15) is 11.8 Å². The lowest BCUT2D eigenvalue weighted by Gasteiger charge is -2.12. The fraction of sp³-hybridized carbons (Fsp3) is 0.545. The molecule has 0 aliphatic carbocycles. The molecule has 0 fully saturated rings. The van der Waals surface area contributed by atoms with Crippen molar-refractivity contribution in [1.29, 1.82) is 0 Å². The first-order valence-electron chi connectivity index (χ1n) is 5.07. The molecule has 0 spiro atoms. The van der Waals surface area contributed by atoms with Crippen molar-refractivity contribution >= 4 is 23.1 Å². The Labute approximate surface area is 100 Å². The van der Waals surface area contributed by atoms with E-state index in [2.05, 4.69) is 30.7 Å². The Morgan fingerprint density at radius 1 is 1.73 bits per heavy atom. The Hall–Kier alpha value is -0.320. The molecule has 0 radical (unpaired) electrons. The van der Waals surface area contributed by atoms with Crippen LogP contribution in [0.2, 0.25) is 0 Å². The van der Waals surface area contributed by atoms with E-state index in [9.17, 15) is 0 Å². The molecule has 1 atom stereocenters. The van der Waals surface area contributed by atoms with Gasteiger partial charge in [-0.05, 0) is 13.8 Å². The third-order valence-electron chi connectivity index (χ3n) is 2.11. The SMILES string of the molecule is C=CCSCCNC(C)c1scnc1C. The van der Waals surface area contributed by atoms with E-state index in [4.69, 9.17) is 0 Å². The van der Waals surface area contributed by atoms with Crippen LogP contribution in [0.15, 0.2) is 18.2 Å². The molecule has 1 aromatic heterocycles. The summed E-state index contributed by atoms with van der Waals surface area (Å²) in [5, 5.41) is 3.50. The van der Waals surface area contributed by atoms with Crippen molar-refractivity contribution in [3.05, 3.63) is 28.7 Å². The molecule has 0 saturated carbocycles. The summed E-state index contributed by atoms with van der Waals surface area (Å²) in [4.78, 5) is 5.61. The molecule has 1 N–H and O–H groups in total. The average molecular weight is 242 g/mol. The molecule has 2 nitrogen and oxygen atoms in total. The Balaban J connectivity index is 2.22. The summed E-state index contributed by atoms with van der Waals surface area (Å²) in [6.45, 7) is 9.00. The topological polar surface area (TPSA) is 24.9 Å². The summed E-state index contributed by atoms with van der Waals surface area (Å²) in [7, 11) is 0. The van der Waals surface area contributed by atoms with Crippen LogP contribution in [0.1, 0.15) is 23.5 Å². The molecule has 1 rings (SSSR count). The highest BCUT2D eigenvalue weighted by atomic mass is 32.2. The molecule has 1 aromatic rings. The first-order chi connectivity index (χ1) is 7.25. The Kier molecular flexibility index (Phi) is 5.98. The third-order valence-corrected chi connectivity index (χ3v) is 4.19. The van der Waals surface area contributed by atoms with E-state index < -0.39 is 0 Å². The van der Waals surface area contributed by atoms with Crippen molar-refractivity contribution in [3.63, 3.8) is 0 Å². The van der Waals surface area contributed by atoms with Crippen molar-refractivity contribution in [2.45, 2.75) is 19.9 Å². The van der Waals surface area contributed by atoms with Gasteiger partial charge < -0.3 is 5.32 Å². The maximum Gasteiger partial charge on any atom is 0.0798 e. The Morgan fingerprint density at radius 3 is 3.13 bits per heavy atom. The summed E-state index contributed by atoms with van der Waals surface area (Å²) in [6.07, 6.45) is 1.95. The van der Waals surface area contributed by atoms with Gasteiger partial charge in [0.05, 0.1) is 11.2 Å². The maximum atomic E-state index is 4.26. The molecule has 15 heavy (non-hydrogen) atoms. The van der Waals surface area contributed by atoms with Gasteiger partial charge in [0, 0.05) is 29.0 Å². The van der Waals surface area contributed by atoms with Gasteiger partial charge >= 0.3 is 0 Å². The minimum Gasteiger partial charge on any atom is -0.309 e. The van der Waals surface area contributed by atoms with Crippen LogP contribution in [0.3, 0.4) is 0 Å². The molecule has 0 bridgehead atoms. The lowest BCUT2D eigenvalue weighted by Crippen LogP contribution is -2.21. The van der Waals surface area contributed by atoms with Crippen LogP contribution in [-0.4, -0.2) is 23.0 Å². The van der Waals surface area contributed by atoms with Crippen LogP contribution in [0.5, 0.6) is 0 Å². The normalized spacial score (nSPS) is 12.7. The van der Waals surface area contributed by atoms with E-state index in [0.29, 0.717) is 6.04 Å². The molecule has 1 heterocycles. The third kappa shape index (κ3) is 4.36. The van der Waals surface area contributed by atoms with Crippen LogP contribution in [-0.2, 0) is 0 Å². The number of thiazole rings is 1. The Morgan fingerprint density at radius 2 is 2.53 bits per heavy atom. The quantitative estimate of drug-likeness (QED) is 0.588. The van der Waals surface area contributed by atoms with Gasteiger partial charge in [0.1, 0.15) is 0 Å². The van der Waals surface area contributed by atoms with Crippen LogP contribution < -0.4 is 5.32 Å². The number of hydrogen-bond acceptors (Lipinski definition) is 4. The zero-order valence-electron chi connectivity index (χ0n) is 9.32. The van der Waals surface area contributed by atoms with Crippen LogP contribution in [0, 0.1) is 6.92 Å². The van der Waals surface area contributed by atoms with E-state index in [-0.39, 0.29) is 0 Å². The smallest absolute Gasteiger partial charge is 0.0798 e. The molecule has 0 aliphatic rings. The van der Waals surface area contributed by atoms with Gasteiger partial charge in [0.25, 0.3) is 0 Å². The number of nitrogens with one attached hydrogen (secondary N) is 1. The van der Waals surface area contributed by atoms with Gasteiger partial charge in [-0.3, -0.25) is 0 Å². The second kappa shape index (κ2) is 7.04. The molecular weight excluding hydrogens is 224 g/mol. The van der Waals surface area contributed by atoms with Crippen molar-refractivity contribution in [2.24, 2.45) is 0 Å². The van der Waals surface area contributed by atoms with Gasteiger partial charge in [0.15, 0.2) is 0 Å². The lowest BCUT2D eigenvalue weighted by molar-refractivity contribution is 0.606. The molecule has 84 valence electrons. The van der Waals surface area contributed by atoms with Crippen LogP contribution in [0.4, 0.5) is 0 Å². The zero-order chi connectivity index (χ0) is 11.1. The number of nitrogens with zero attached hydrogens (tertiary/aromatic N) is 1. The fourth-order valence-electron chi connectivity index (χ4n) is 1.33. The highest BCUT2D eigenvalue weighted by molar-refractivity contribution is 7.99. The van der Waals surface area contributed by atoms with Gasteiger partial charge in [-0.25, -0.2) is 4.98 Å². The summed E-state index contributed by atoms with van der Waals surface area (Å²) >= 11 is 3.63. The summed E-state index contributed by atoms with van der Waals surface area (Å²) in [6, 6.07) is 0.418. The molecule has 0 aliphatic heterocycles. The molecule has 0 aromatic carbocycles. The highest BCUT2D eigenvalue weighted by Crippen LogP contribution is 2.20. The van der Waals surface area contributed by atoms with Crippen molar-refractivity contribution in [2.75, 3.05) is 18.1 Å². The predicted molar refractivity (Wildman–Crippen MR) is 70.8 cm³/mol. The van der Waals surface area contributed by atoms with E-state index in [1.165, 1.54) is 4.88 Å². The molecule has 4 heteroatoms. The highest BCUT2D eigenvalue weighted by Gasteiger charge is 2.09. The number of rotatable bonds is 7. The standard InChI is InChI=1S/C11H18N2S2/c1-4-6-14-7-5-12-9(2)11-10(3)13-8-15-11/h4,8-9,12H,1,5-7H2,2-3H3. The lowest BCUT2D eigenvalue weighted by atomic mass is 10.2.